The second kappa shape index (κ2) is 13.1. The SMILES string of the molecule is CC/C=C(\C=C(/C)c1cccs1)CC(=O)OCC1C2C=CC(C2)C1COC(=O)Cc1ccsc1-c1cccs1. The van der Waals surface area contributed by atoms with Gasteiger partial charge in [-0.25, -0.2) is 0 Å². The lowest BCUT2D eigenvalue weighted by atomic mass is 9.84. The van der Waals surface area contributed by atoms with Crippen LogP contribution < -0.4 is 0 Å². The molecule has 0 spiro atoms. The van der Waals surface area contributed by atoms with Gasteiger partial charge in [0, 0.05) is 26.5 Å². The molecule has 0 amide bonds. The van der Waals surface area contributed by atoms with E-state index in [1.165, 1.54) is 9.75 Å². The smallest absolute Gasteiger partial charge is 0.310 e. The number of ether oxygens (including phenoxy) is 2. The Morgan fingerprint density at radius 1 is 0.923 bits per heavy atom. The van der Waals surface area contributed by atoms with E-state index in [0.29, 0.717) is 25.0 Å². The second-order valence-corrected chi connectivity index (χ2v) is 13.1. The van der Waals surface area contributed by atoms with Gasteiger partial charge in [-0.1, -0.05) is 43.4 Å². The van der Waals surface area contributed by atoms with Crippen molar-refractivity contribution in [3.05, 3.63) is 86.8 Å². The van der Waals surface area contributed by atoms with E-state index < -0.39 is 0 Å². The standard InChI is InChI=1S/C32H34O4S3/c1-3-6-22(15-21(2)28-7-4-12-37-28)16-30(33)35-19-26-23-9-10-24(17-23)27(26)20-36-31(34)18-25-11-14-39-32(25)29-8-5-13-38-29/h4-15,23-24,26-27H,3,16-20H2,1-2H3/b21-15+,22-6+. The van der Waals surface area contributed by atoms with Crippen LogP contribution in [-0.2, 0) is 25.5 Å². The molecule has 0 N–H and O–H groups in total. The molecule has 0 aromatic carbocycles. The Hall–Kier alpha value is -2.74. The molecule has 5 rings (SSSR count). The van der Waals surface area contributed by atoms with Gasteiger partial charge >= 0.3 is 11.9 Å². The molecule has 4 atom stereocenters. The summed E-state index contributed by atoms with van der Waals surface area (Å²) in [5.41, 5.74) is 3.16. The summed E-state index contributed by atoms with van der Waals surface area (Å²) in [6.07, 6.45) is 11.1. The quantitative estimate of drug-likeness (QED) is 0.123. The van der Waals surface area contributed by atoms with Gasteiger partial charge in [-0.05, 0) is 82.7 Å². The van der Waals surface area contributed by atoms with Crippen LogP contribution in [0.4, 0.5) is 0 Å². The number of thiophene rings is 3. The highest BCUT2D eigenvalue weighted by Gasteiger charge is 2.45. The molecule has 0 radical (unpaired) electrons. The van der Waals surface area contributed by atoms with Crippen molar-refractivity contribution in [3.63, 3.8) is 0 Å². The van der Waals surface area contributed by atoms with Gasteiger partial charge in [0.25, 0.3) is 0 Å². The van der Waals surface area contributed by atoms with E-state index in [4.69, 9.17) is 9.47 Å². The minimum atomic E-state index is -0.203. The number of hydrogen-bond acceptors (Lipinski definition) is 7. The maximum atomic E-state index is 12.8. The lowest BCUT2D eigenvalue weighted by Crippen LogP contribution is -2.30. The zero-order valence-electron chi connectivity index (χ0n) is 22.3. The van der Waals surface area contributed by atoms with E-state index in [9.17, 15) is 9.59 Å². The molecule has 3 heterocycles. The first-order valence-electron chi connectivity index (χ1n) is 13.5. The molecule has 3 aromatic rings. The van der Waals surface area contributed by atoms with Gasteiger partial charge in [-0.3, -0.25) is 9.59 Å². The van der Waals surface area contributed by atoms with Gasteiger partial charge in [-0.2, -0.15) is 0 Å². The van der Waals surface area contributed by atoms with Crippen LogP contribution in [0.25, 0.3) is 15.3 Å². The van der Waals surface area contributed by atoms with E-state index in [1.807, 2.05) is 23.6 Å². The van der Waals surface area contributed by atoms with E-state index in [2.05, 4.69) is 61.0 Å². The number of fused-ring (bicyclic) bond motifs is 2. The fourth-order valence-corrected chi connectivity index (χ4v) is 8.26. The van der Waals surface area contributed by atoms with Crippen LogP contribution in [0.3, 0.4) is 0 Å². The summed E-state index contributed by atoms with van der Waals surface area (Å²) in [5, 5.41) is 6.14. The molecule has 0 saturated heterocycles. The lowest BCUT2D eigenvalue weighted by Gasteiger charge is -2.27. The molecule has 7 heteroatoms. The number of allylic oxidation sites excluding steroid dienone is 5. The van der Waals surface area contributed by atoms with Crippen LogP contribution in [-0.4, -0.2) is 25.2 Å². The third-order valence-corrected chi connectivity index (χ3v) is 10.6. The first-order valence-corrected chi connectivity index (χ1v) is 16.2. The van der Waals surface area contributed by atoms with Crippen molar-refractivity contribution in [1.29, 1.82) is 0 Å². The van der Waals surface area contributed by atoms with Crippen molar-refractivity contribution in [3.8, 4) is 9.75 Å². The van der Waals surface area contributed by atoms with Crippen LogP contribution in [0, 0.1) is 23.7 Å². The van der Waals surface area contributed by atoms with Crippen LogP contribution in [0.15, 0.2) is 76.3 Å². The Balaban J connectivity index is 1.14. The van der Waals surface area contributed by atoms with Gasteiger partial charge in [0.15, 0.2) is 0 Å². The molecule has 0 aliphatic heterocycles. The van der Waals surface area contributed by atoms with Crippen LogP contribution in [0.1, 0.15) is 43.6 Å². The number of rotatable bonds is 12. The second-order valence-electron chi connectivity index (χ2n) is 10.2. The molecule has 39 heavy (non-hydrogen) atoms. The number of hydrogen-bond donors (Lipinski definition) is 0. The average molecular weight is 579 g/mol. The molecule has 2 aliphatic rings. The van der Waals surface area contributed by atoms with Gasteiger partial charge in [0.05, 0.1) is 26.1 Å². The van der Waals surface area contributed by atoms with Gasteiger partial charge in [0.1, 0.15) is 0 Å². The van der Waals surface area contributed by atoms with E-state index in [1.54, 1.807) is 34.0 Å². The Morgan fingerprint density at radius 3 is 2.31 bits per heavy atom. The van der Waals surface area contributed by atoms with E-state index >= 15 is 0 Å². The maximum absolute atomic E-state index is 12.8. The normalized spacial score (nSPS) is 22.4. The minimum Gasteiger partial charge on any atom is -0.465 e. The van der Waals surface area contributed by atoms with Crippen molar-refractivity contribution in [2.45, 2.75) is 39.5 Å². The number of carbonyl (C=O) groups excluding carboxylic acids is 2. The molecule has 4 nitrogen and oxygen atoms in total. The van der Waals surface area contributed by atoms with Gasteiger partial charge in [-0.15, -0.1) is 34.0 Å². The zero-order chi connectivity index (χ0) is 27.2. The lowest BCUT2D eigenvalue weighted by molar-refractivity contribution is -0.149. The fraction of sp³-hybridized carbons (Fsp3) is 0.375. The molecular formula is C32H34O4S3. The van der Waals surface area contributed by atoms with Gasteiger partial charge in [0.2, 0.25) is 0 Å². The summed E-state index contributed by atoms with van der Waals surface area (Å²) >= 11 is 5.04. The molecular weight excluding hydrogens is 545 g/mol. The monoisotopic (exact) mass is 578 g/mol. The number of carbonyl (C=O) groups is 2. The minimum absolute atomic E-state index is 0.182. The topological polar surface area (TPSA) is 52.6 Å². The summed E-state index contributed by atoms with van der Waals surface area (Å²) in [5.74, 6) is 0.716. The molecule has 2 bridgehead atoms. The first-order chi connectivity index (χ1) is 19.0. The Bertz CT molecular complexity index is 1340. The van der Waals surface area contributed by atoms with Crippen molar-refractivity contribution < 1.29 is 19.1 Å². The Kier molecular flexibility index (Phi) is 9.32. The Labute approximate surface area is 242 Å². The molecule has 2 aliphatic carbocycles. The predicted octanol–water partition coefficient (Wildman–Crippen LogP) is 8.44. The van der Waals surface area contributed by atoms with Crippen molar-refractivity contribution in [2.75, 3.05) is 13.2 Å². The maximum Gasteiger partial charge on any atom is 0.310 e. The summed E-state index contributed by atoms with van der Waals surface area (Å²) < 4.78 is 11.6. The van der Waals surface area contributed by atoms with Crippen molar-refractivity contribution in [1.82, 2.24) is 0 Å². The average Bonchev–Trinajstić information content (AvgIpc) is 3.75. The molecule has 204 valence electrons. The molecule has 3 aromatic heterocycles. The summed E-state index contributed by atoms with van der Waals surface area (Å²) in [4.78, 5) is 29.2. The van der Waals surface area contributed by atoms with Gasteiger partial charge < -0.3 is 9.47 Å². The van der Waals surface area contributed by atoms with Crippen LogP contribution >= 0.6 is 34.0 Å². The third kappa shape index (κ3) is 6.89. The van der Waals surface area contributed by atoms with Crippen molar-refractivity contribution >= 4 is 51.5 Å². The first kappa shape index (κ1) is 27.8. The molecule has 1 fully saturated rings. The summed E-state index contributed by atoms with van der Waals surface area (Å²) in [7, 11) is 0. The highest BCUT2D eigenvalue weighted by molar-refractivity contribution is 7.20. The zero-order valence-corrected chi connectivity index (χ0v) is 24.8. The highest BCUT2D eigenvalue weighted by Crippen LogP contribution is 2.48. The predicted molar refractivity (Wildman–Crippen MR) is 162 cm³/mol. The highest BCUT2D eigenvalue weighted by atomic mass is 32.1. The van der Waals surface area contributed by atoms with Crippen LogP contribution in [0.5, 0.6) is 0 Å². The largest absolute Gasteiger partial charge is 0.465 e. The summed E-state index contributed by atoms with van der Waals surface area (Å²) in [6, 6.07) is 10.3. The molecule has 1 saturated carbocycles. The molecule has 4 unspecified atom stereocenters. The summed E-state index contributed by atoms with van der Waals surface area (Å²) in [6.45, 7) is 4.89. The van der Waals surface area contributed by atoms with E-state index in [-0.39, 0.29) is 36.6 Å². The van der Waals surface area contributed by atoms with Crippen molar-refractivity contribution in [2.24, 2.45) is 23.7 Å². The third-order valence-electron chi connectivity index (χ3n) is 7.63. The number of esters is 2. The Morgan fingerprint density at radius 2 is 1.64 bits per heavy atom. The van der Waals surface area contributed by atoms with Crippen LogP contribution in [0.2, 0.25) is 0 Å². The van der Waals surface area contributed by atoms with E-state index in [0.717, 1.165) is 34.4 Å². The fourth-order valence-electron chi connectivity index (χ4n) is 5.72.